The lowest BCUT2D eigenvalue weighted by Crippen LogP contribution is -2.39. The molecule has 0 saturated carbocycles. The van der Waals surface area contributed by atoms with E-state index < -0.39 is 0 Å². The summed E-state index contributed by atoms with van der Waals surface area (Å²) in [4.78, 5) is 2.31. The second-order valence-electron chi connectivity index (χ2n) is 4.34. The lowest BCUT2D eigenvalue weighted by atomic mass is 10.1. The highest BCUT2D eigenvalue weighted by molar-refractivity contribution is 4.70. The zero-order valence-electron chi connectivity index (χ0n) is 10.7. The van der Waals surface area contributed by atoms with Crippen LogP contribution in [0.25, 0.3) is 0 Å². The molecule has 0 amide bonds. The molecule has 0 aromatic rings. The highest BCUT2D eigenvalue weighted by Crippen LogP contribution is 2.05. The van der Waals surface area contributed by atoms with E-state index in [9.17, 15) is 0 Å². The Morgan fingerprint density at radius 1 is 1.31 bits per heavy atom. The highest BCUT2D eigenvalue weighted by atomic mass is 16.5. The first kappa shape index (κ1) is 13.9. The molecule has 96 valence electrons. The second kappa shape index (κ2) is 8.93. The van der Waals surface area contributed by atoms with Crippen molar-refractivity contribution in [1.29, 1.82) is 0 Å². The molecule has 0 bridgehead atoms. The number of nitrogens with one attached hydrogen (secondary N) is 1. The molecule has 1 fully saturated rings. The van der Waals surface area contributed by atoms with Crippen molar-refractivity contribution in [2.45, 2.75) is 25.8 Å². The number of rotatable bonds is 8. The maximum absolute atomic E-state index is 5.33. The molecule has 0 spiro atoms. The van der Waals surface area contributed by atoms with Gasteiger partial charge in [-0.05, 0) is 26.8 Å². The largest absolute Gasteiger partial charge is 0.381 e. The Hall–Kier alpha value is -0.160. The molecule has 0 aromatic heterocycles. The Kier molecular flexibility index (Phi) is 7.76. The number of nitrogens with zero attached hydrogens (tertiary/aromatic N) is 1. The van der Waals surface area contributed by atoms with Crippen LogP contribution in [-0.4, -0.2) is 64.1 Å². The summed E-state index contributed by atoms with van der Waals surface area (Å²) in [6.45, 7) is 8.68. The first-order valence-electron chi connectivity index (χ1n) is 6.40. The molecular weight excluding hydrogens is 204 g/mol. The van der Waals surface area contributed by atoms with Crippen LogP contribution < -0.4 is 5.32 Å². The molecule has 1 heterocycles. The second-order valence-corrected chi connectivity index (χ2v) is 4.34. The fourth-order valence-electron chi connectivity index (χ4n) is 1.84. The Bertz CT molecular complexity index is 161. The van der Waals surface area contributed by atoms with Gasteiger partial charge in [0.25, 0.3) is 0 Å². The highest BCUT2D eigenvalue weighted by Gasteiger charge is 2.12. The number of hydrogen-bond donors (Lipinski definition) is 1. The maximum atomic E-state index is 5.33. The topological polar surface area (TPSA) is 33.7 Å². The van der Waals surface area contributed by atoms with Crippen molar-refractivity contribution in [2.24, 2.45) is 0 Å². The van der Waals surface area contributed by atoms with E-state index >= 15 is 0 Å². The van der Waals surface area contributed by atoms with Crippen molar-refractivity contribution in [3.8, 4) is 0 Å². The summed E-state index contributed by atoms with van der Waals surface area (Å²) >= 11 is 0. The van der Waals surface area contributed by atoms with E-state index in [1.54, 1.807) is 0 Å². The van der Waals surface area contributed by atoms with Gasteiger partial charge in [0.05, 0.1) is 6.61 Å². The summed E-state index contributed by atoms with van der Waals surface area (Å²) in [5, 5.41) is 3.58. The molecule has 1 aliphatic rings. The van der Waals surface area contributed by atoms with Gasteiger partial charge in [0.15, 0.2) is 0 Å². The van der Waals surface area contributed by atoms with Crippen molar-refractivity contribution < 1.29 is 9.47 Å². The zero-order valence-corrected chi connectivity index (χ0v) is 10.7. The summed E-state index contributed by atoms with van der Waals surface area (Å²) < 4.78 is 10.6. The summed E-state index contributed by atoms with van der Waals surface area (Å²) in [5.41, 5.74) is 0. The summed E-state index contributed by atoms with van der Waals surface area (Å²) in [7, 11) is 2.14. The average Bonchev–Trinajstić information content (AvgIpc) is 2.31. The van der Waals surface area contributed by atoms with Gasteiger partial charge in [0, 0.05) is 45.5 Å². The average molecular weight is 230 g/mol. The molecule has 0 radical (unpaired) electrons. The Labute approximate surface area is 99.3 Å². The number of hydrogen-bond acceptors (Lipinski definition) is 4. The van der Waals surface area contributed by atoms with Crippen molar-refractivity contribution in [3.63, 3.8) is 0 Å². The molecule has 0 atom stereocenters. The van der Waals surface area contributed by atoms with Crippen LogP contribution in [0, 0.1) is 0 Å². The van der Waals surface area contributed by atoms with Crippen LogP contribution >= 0.6 is 0 Å². The van der Waals surface area contributed by atoms with Crippen LogP contribution in [0.3, 0.4) is 0 Å². The van der Waals surface area contributed by atoms with Gasteiger partial charge < -0.3 is 19.7 Å². The molecular formula is C12H26N2O2. The van der Waals surface area contributed by atoms with Gasteiger partial charge in [0.2, 0.25) is 0 Å². The number of ether oxygens (including phenoxy) is 2. The lowest BCUT2D eigenvalue weighted by molar-refractivity contribution is 0.0768. The van der Waals surface area contributed by atoms with E-state index in [0.717, 1.165) is 58.9 Å². The first-order valence-corrected chi connectivity index (χ1v) is 6.40. The van der Waals surface area contributed by atoms with Crippen LogP contribution in [-0.2, 0) is 9.47 Å². The normalized spacial score (nSPS) is 18.2. The monoisotopic (exact) mass is 230 g/mol. The molecule has 4 nitrogen and oxygen atoms in total. The van der Waals surface area contributed by atoms with Crippen LogP contribution in [0.5, 0.6) is 0 Å². The first-order chi connectivity index (χ1) is 7.83. The fourth-order valence-corrected chi connectivity index (χ4v) is 1.84. The van der Waals surface area contributed by atoms with Crippen LogP contribution in [0.4, 0.5) is 0 Å². The summed E-state index contributed by atoms with van der Waals surface area (Å²) in [6, 6.07) is 0.661. The predicted octanol–water partition coefficient (Wildman–Crippen LogP) is 0.723. The Morgan fingerprint density at radius 2 is 2.06 bits per heavy atom. The summed E-state index contributed by atoms with van der Waals surface area (Å²) in [6.07, 6.45) is 2.31. The van der Waals surface area contributed by atoms with Gasteiger partial charge in [-0.25, -0.2) is 0 Å². The predicted molar refractivity (Wildman–Crippen MR) is 65.8 cm³/mol. The van der Waals surface area contributed by atoms with E-state index in [0.29, 0.717) is 6.04 Å². The van der Waals surface area contributed by atoms with Crippen molar-refractivity contribution in [2.75, 3.05) is 53.1 Å². The van der Waals surface area contributed by atoms with Crippen molar-refractivity contribution in [1.82, 2.24) is 10.2 Å². The third-order valence-corrected chi connectivity index (χ3v) is 2.97. The van der Waals surface area contributed by atoms with E-state index in [4.69, 9.17) is 9.47 Å². The summed E-state index contributed by atoms with van der Waals surface area (Å²) in [5.74, 6) is 0. The minimum absolute atomic E-state index is 0.661. The SMILES string of the molecule is CCOCCN(C)CCNC1CCOCC1. The third-order valence-electron chi connectivity index (χ3n) is 2.97. The Balaban J connectivity index is 1.92. The molecule has 0 aliphatic carbocycles. The molecule has 4 heteroatoms. The van der Waals surface area contributed by atoms with E-state index in [-0.39, 0.29) is 0 Å². The molecule has 1 rings (SSSR count). The zero-order chi connectivity index (χ0) is 11.6. The minimum Gasteiger partial charge on any atom is -0.381 e. The molecule has 0 aromatic carbocycles. The Morgan fingerprint density at radius 3 is 2.75 bits per heavy atom. The molecule has 1 aliphatic heterocycles. The van der Waals surface area contributed by atoms with Gasteiger partial charge >= 0.3 is 0 Å². The fraction of sp³-hybridized carbons (Fsp3) is 1.00. The van der Waals surface area contributed by atoms with Gasteiger partial charge in [-0.15, -0.1) is 0 Å². The third kappa shape index (κ3) is 6.43. The molecule has 1 N–H and O–H groups in total. The molecule has 16 heavy (non-hydrogen) atoms. The standard InChI is InChI=1S/C12H26N2O2/c1-3-15-11-8-14(2)7-6-13-12-4-9-16-10-5-12/h12-13H,3-11H2,1-2H3. The lowest BCUT2D eigenvalue weighted by Gasteiger charge is -2.24. The van der Waals surface area contributed by atoms with Gasteiger partial charge in [-0.2, -0.15) is 0 Å². The molecule has 1 saturated heterocycles. The van der Waals surface area contributed by atoms with Crippen molar-refractivity contribution >= 4 is 0 Å². The van der Waals surface area contributed by atoms with Crippen LogP contribution in [0.15, 0.2) is 0 Å². The van der Waals surface area contributed by atoms with E-state index in [2.05, 4.69) is 17.3 Å². The van der Waals surface area contributed by atoms with Gasteiger partial charge in [-0.3, -0.25) is 0 Å². The van der Waals surface area contributed by atoms with Gasteiger partial charge in [0.1, 0.15) is 0 Å². The smallest absolute Gasteiger partial charge is 0.0593 e. The quantitative estimate of drug-likeness (QED) is 0.623. The van der Waals surface area contributed by atoms with E-state index in [1.165, 1.54) is 0 Å². The van der Waals surface area contributed by atoms with Crippen LogP contribution in [0.1, 0.15) is 19.8 Å². The van der Waals surface area contributed by atoms with Crippen molar-refractivity contribution in [3.05, 3.63) is 0 Å². The number of likely N-dealkylation sites (N-methyl/N-ethyl adjacent to an activating group) is 1. The van der Waals surface area contributed by atoms with Gasteiger partial charge in [-0.1, -0.05) is 0 Å². The maximum Gasteiger partial charge on any atom is 0.0593 e. The minimum atomic E-state index is 0.661. The molecule has 0 unspecified atom stereocenters. The van der Waals surface area contributed by atoms with E-state index in [1.807, 2.05) is 6.92 Å². The van der Waals surface area contributed by atoms with Crippen LogP contribution in [0.2, 0.25) is 0 Å².